The topological polar surface area (TPSA) is 66.6 Å². The molecule has 0 bridgehead atoms. The summed E-state index contributed by atoms with van der Waals surface area (Å²) in [6, 6.07) is 5.85. The number of oxazole rings is 1. The minimum absolute atomic E-state index is 0.00570. The van der Waals surface area contributed by atoms with E-state index in [9.17, 15) is 14.3 Å². The molecule has 1 N–H and O–H groups in total. The lowest BCUT2D eigenvalue weighted by molar-refractivity contribution is -0.136. The summed E-state index contributed by atoms with van der Waals surface area (Å²) in [4.78, 5) is 18.5. The zero-order chi connectivity index (χ0) is 18.0. The molecule has 2 aromatic rings. The summed E-state index contributed by atoms with van der Waals surface area (Å²) >= 11 is 0. The molecule has 0 spiro atoms. The molecule has 134 valence electrons. The molecule has 1 aliphatic heterocycles. The Hall–Kier alpha value is -2.21. The lowest BCUT2D eigenvalue weighted by atomic mass is 9.96. The van der Waals surface area contributed by atoms with Crippen molar-refractivity contribution in [1.29, 1.82) is 0 Å². The van der Waals surface area contributed by atoms with Crippen LogP contribution < -0.4 is 0 Å². The molecule has 6 heteroatoms. The van der Waals surface area contributed by atoms with Gasteiger partial charge in [0.15, 0.2) is 11.7 Å². The molecule has 1 aliphatic rings. The first kappa shape index (κ1) is 17.6. The molecule has 5 nitrogen and oxygen atoms in total. The first-order valence-corrected chi connectivity index (χ1v) is 8.57. The molecule has 1 amide bonds. The quantitative estimate of drug-likeness (QED) is 0.903. The van der Waals surface area contributed by atoms with Crippen LogP contribution in [0.2, 0.25) is 0 Å². The third kappa shape index (κ3) is 4.07. The van der Waals surface area contributed by atoms with E-state index in [0.717, 1.165) is 18.4 Å². The van der Waals surface area contributed by atoms with Crippen molar-refractivity contribution in [3.8, 4) is 11.3 Å². The summed E-state index contributed by atoms with van der Waals surface area (Å²) < 4.78 is 18.6. The standard InChI is InChI=1S/C19H23FN2O3/c1-19(2,24)16-4-3-11-22(16)18(23)10-9-17-21-12-15(25-17)13-5-7-14(20)8-6-13/h5-8,12,16,24H,3-4,9-11H2,1-2H3. The fourth-order valence-corrected chi connectivity index (χ4v) is 3.33. The van der Waals surface area contributed by atoms with Crippen molar-refractivity contribution in [2.45, 2.75) is 51.2 Å². The summed E-state index contributed by atoms with van der Waals surface area (Å²) in [6.45, 7) is 4.17. The number of halogens is 1. The van der Waals surface area contributed by atoms with Crippen LogP contribution >= 0.6 is 0 Å². The second-order valence-corrected chi connectivity index (χ2v) is 7.02. The van der Waals surface area contributed by atoms with E-state index in [2.05, 4.69) is 4.98 Å². The molecular formula is C19H23FN2O3. The number of benzene rings is 1. The van der Waals surface area contributed by atoms with Crippen LogP contribution in [0.25, 0.3) is 11.3 Å². The molecule has 0 aliphatic carbocycles. The number of aromatic nitrogens is 1. The first-order chi connectivity index (χ1) is 11.8. The summed E-state index contributed by atoms with van der Waals surface area (Å²) in [5, 5.41) is 10.2. The molecule has 2 heterocycles. The maximum Gasteiger partial charge on any atom is 0.223 e. The Balaban J connectivity index is 1.60. The van der Waals surface area contributed by atoms with Crippen molar-refractivity contribution in [3.05, 3.63) is 42.2 Å². The average Bonchev–Trinajstić information content (AvgIpc) is 3.22. The lowest BCUT2D eigenvalue weighted by Crippen LogP contribution is -2.48. The third-order valence-corrected chi connectivity index (χ3v) is 4.62. The summed E-state index contributed by atoms with van der Waals surface area (Å²) in [5.74, 6) is 0.733. The molecule has 1 saturated heterocycles. The Morgan fingerprint density at radius 2 is 2.12 bits per heavy atom. The molecule has 25 heavy (non-hydrogen) atoms. The van der Waals surface area contributed by atoms with Gasteiger partial charge in [-0.05, 0) is 51.0 Å². The number of hydrogen-bond acceptors (Lipinski definition) is 4. The molecule has 1 atom stereocenters. The number of amides is 1. The van der Waals surface area contributed by atoms with Gasteiger partial charge in [-0.1, -0.05) is 0 Å². The van der Waals surface area contributed by atoms with Crippen LogP contribution in [0.4, 0.5) is 4.39 Å². The van der Waals surface area contributed by atoms with E-state index in [1.807, 2.05) is 0 Å². The van der Waals surface area contributed by atoms with Crippen molar-refractivity contribution in [2.75, 3.05) is 6.54 Å². The van der Waals surface area contributed by atoms with E-state index in [1.165, 1.54) is 12.1 Å². The number of hydrogen-bond donors (Lipinski definition) is 1. The van der Waals surface area contributed by atoms with Crippen molar-refractivity contribution < 1.29 is 18.7 Å². The average molecular weight is 346 g/mol. The van der Waals surface area contributed by atoms with Crippen molar-refractivity contribution in [1.82, 2.24) is 9.88 Å². The van der Waals surface area contributed by atoms with E-state index in [4.69, 9.17) is 4.42 Å². The fourth-order valence-electron chi connectivity index (χ4n) is 3.33. The molecular weight excluding hydrogens is 323 g/mol. The predicted octanol–water partition coefficient (Wildman–Crippen LogP) is 3.18. The third-order valence-electron chi connectivity index (χ3n) is 4.62. The van der Waals surface area contributed by atoms with Gasteiger partial charge in [0.25, 0.3) is 0 Å². The normalized spacial score (nSPS) is 17.9. The largest absolute Gasteiger partial charge is 0.441 e. The summed E-state index contributed by atoms with van der Waals surface area (Å²) in [7, 11) is 0. The molecule has 1 aromatic heterocycles. The van der Waals surface area contributed by atoms with Gasteiger partial charge in [-0.3, -0.25) is 4.79 Å². The molecule has 1 aromatic carbocycles. The SMILES string of the molecule is CC(C)(O)C1CCCN1C(=O)CCc1ncc(-c2ccc(F)cc2)o1. The zero-order valence-corrected chi connectivity index (χ0v) is 14.5. The highest BCUT2D eigenvalue weighted by Gasteiger charge is 2.38. The van der Waals surface area contributed by atoms with Gasteiger partial charge >= 0.3 is 0 Å². The number of aliphatic hydroxyl groups is 1. The van der Waals surface area contributed by atoms with Crippen LogP contribution in [0.5, 0.6) is 0 Å². The van der Waals surface area contributed by atoms with Crippen LogP contribution in [0.3, 0.4) is 0 Å². The smallest absolute Gasteiger partial charge is 0.223 e. The Kier molecular flexibility index (Phi) is 4.90. The highest BCUT2D eigenvalue weighted by molar-refractivity contribution is 5.77. The van der Waals surface area contributed by atoms with Gasteiger partial charge in [0.2, 0.25) is 5.91 Å². The van der Waals surface area contributed by atoms with E-state index < -0.39 is 5.60 Å². The Morgan fingerprint density at radius 3 is 2.80 bits per heavy atom. The van der Waals surface area contributed by atoms with Crippen LogP contribution in [0.1, 0.15) is 39.0 Å². The second-order valence-electron chi connectivity index (χ2n) is 7.02. The fraction of sp³-hybridized carbons (Fsp3) is 0.474. The van der Waals surface area contributed by atoms with Gasteiger partial charge in [0.1, 0.15) is 5.82 Å². The number of carbonyl (C=O) groups is 1. The van der Waals surface area contributed by atoms with Crippen molar-refractivity contribution in [3.63, 3.8) is 0 Å². The Morgan fingerprint density at radius 1 is 1.40 bits per heavy atom. The van der Waals surface area contributed by atoms with E-state index in [0.29, 0.717) is 24.6 Å². The molecule has 3 rings (SSSR count). The van der Waals surface area contributed by atoms with Gasteiger partial charge in [0.05, 0.1) is 17.8 Å². The highest BCUT2D eigenvalue weighted by atomic mass is 19.1. The minimum atomic E-state index is -0.898. The maximum atomic E-state index is 13.0. The van der Waals surface area contributed by atoms with Crippen LogP contribution in [-0.2, 0) is 11.2 Å². The Bertz CT molecular complexity index is 734. The van der Waals surface area contributed by atoms with Gasteiger partial charge < -0.3 is 14.4 Å². The molecule has 1 unspecified atom stereocenters. The van der Waals surface area contributed by atoms with Gasteiger partial charge in [-0.15, -0.1) is 0 Å². The predicted molar refractivity (Wildman–Crippen MR) is 91.3 cm³/mol. The lowest BCUT2D eigenvalue weighted by Gasteiger charge is -2.33. The van der Waals surface area contributed by atoms with Gasteiger partial charge in [-0.2, -0.15) is 0 Å². The monoisotopic (exact) mass is 346 g/mol. The molecule has 0 saturated carbocycles. The number of rotatable bonds is 5. The second kappa shape index (κ2) is 6.96. The summed E-state index contributed by atoms with van der Waals surface area (Å²) in [5.41, 5.74) is -0.154. The van der Waals surface area contributed by atoms with Gasteiger partial charge in [0, 0.05) is 24.9 Å². The number of aryl methyl sites for hydroxylation is 1. The Labute approximate surface area is 146 Å². The first-order valence-electron chi connectivity index (χ1n) is 8.57. The summed E-state index contributed by atoms with van der Waals surface area (Å²) in [6.07, 6.45) is 4.00. The maximum absolute atomic E-state index is 13.0. The molecule has 1 fully saturated rings. The van der Waals surface area contributed by atoms with E-state index >= 15 is 0 Å². The van der Waals surface area contributed by atoms with Crippen molar-refractivity contribution >= 4 is 5.91 Å². The van der Waals surface area contributed by atoms with Crippen LogP contribution in [0, 0.1) is 5.82 Å². The van der Waals surface area contributed by atoms with Crippen molar-refractivity contribution in [2.24, 2.45) is 0 Å². The number of nitrogens with zero attached hydrogens (tertiary/aromatic N) is 2. The molecule has 0 radical (unpaired) electrons. The number of carbonyl (C=O) groups excluding carboxylic acids is 1. The van der Waals surface area contributed by atoms with E-state index in [-0.39, 0.29) is 24.2 Å². The van der Waals surface area contributed by atoms with E-state index in [1.54, 1.807) is 37.1 Å². The van der Waals surface area contributed by atoms with Crippen LogP contribution in [0.15, 0.2) is 34.9 Å². The highest BCUT2D eigenvalue weighted by Crippen LogP contribution is 2.28. The zero-order valence-electron chi connectivity index (χ0n) is 14.5. The minimum Gasteiger partial charge on any atom is -0.441 e. The number of likely N-dealkylation sites (tertiary alicyclic amines) is 1. The van der Waals surface area contributed by atoms with Crippen LogP contribution in [-0.4, -0.2) is 39.1 Å². The van der Waals surface area contributed by atoms with Gasteiger partial charge in [-0.25, -0.2) is 9.37 Å².